The van der Waals surface area contributed by atoms with Crippen molar-refractivity contribution in [2.24, 2.45) is 0 Å². The Morgan fingerprint density at radius 1 is 1.45 bits per heavy atom. The molecule has 20 heavy (non-hydrogen) atoms. The molecule has 0 N–H and O–H groups in total. The van der Waals surface area contributed by atoms with Gasteiger partial charge in [-0.3, -0.25) is 14.1 Å². The largest absolute Gasteiger partial charge is 0.434 e. The second kappa shape index (κ2) is 5.37. The maximum atomic E-state index is 13.1. The minimum absolute atomic E-state index is 0.114. The van der Waals surface area contributed by atoms with E-state index < -0.39 is 17.4 Å². The lowest BCUT2D eigenvalue weighted by molar-refractivity contribution is -0.120. The van der Waals surface area contributed by atoms with Crippen LogP contribution in [0.2, 0.25) is 0 Å². The first-order valence-electron chi connectivity index (χ1n) is 5.89. The molecule has 1 aliphatic heterocycles. The number of halogens is 4. The first kappa shape index (κ1) is 15.3. The van der Waals surface area contributed by atoms with Crippen molar-refractivity contribution in [3.63, 3.8) is 0 Å². The van der Waals surface area contributed by atoms with Crippen molar-refractivity contribution in [1.82, 2.24) is 9.32 Å². The van der Waals surface area contributed by atoms with Gasteiger partial charge in [-0.1, -0.05) is 11.8 Å². The third kappa shape index (κ3) is 2.44. The number of amides is 1. The van der Waals surface area contributed by atoms with Gasteiger partial charge in [0.15, 0.2) is 5.70 Å². The zero-order valence-electron chi connectivity index (χ0n) is 10.3. The molecule has 1 aliphatic carbocycles. The van der Waals surface area contributed by atoms with Gasteiger partial charge in [-0.15, -0.1) is 0 Å². The summed E-state index contributed by atoms with van der Waals surface area (Å²) in [6.07, 6.45) is -2.20. The number of hydrogen-bond acceptors (Lipinski definition) is 4. The average Bonchev–Trinajstić information content (AvgIpc) is 2.98. The van der Waals surface area contributed by atoms with Gasteiger partial charge < -0.3 is 0 Å². The van der Waals surface area contributed by atoms with E-state index in [1.807, 2.05) is 6.07 Å². The highest BCUT2D eigenvalue weighted by atomic mass is 35.5. The van der Waals surface area contributed by atoms with Gasteiger partial charge in [-0.2, -0.15) is 18.4 Å². The predicted molar refractivity (Wildman–Crippen MR) is 67.9 cm³/mol. The Labute approximate surface area is 123 Å². The molecule has 0 saturated heterocycles. The number of carbonyl (C=O) groups excluding carboxylic acids is 1. The Kier molecular flexibility index (Phi) is 4.12. The van der Waals surface area contributed by atoms with Crippen LogP contribution in [0.15, 0.2) is 10.7 Å². The normalized spacial score (nSPS) is 22.1. The topological polar surface area (TPSA) is 47.3 Å². The number of allylic oxidation sites excluding steroid dienone is 1. The lowest BCUT2D eigenvalue weighted by Crippen LogP contribution is -2.44. The van der Waals surface area contributed by atoms with Gasteiger partial charge in [0, 0.05) is 11.8 Å². The molecule has 2 rings (SSSR count). The monoisotopic (exact) mass is 325 g/mol. The van der Waals surface area contributed by atoms with Gasteiger partial charge in [0.05, 0.1) is 11.9 Å². The number of alkyl halides is 3. The van der Waals surface area contributed by atoms with Crippen LogP contribution in [0.1, 0.15) is 25.7 Å². The van der Waals surface area contributed by atoms with Crippen molar-refractivity contribution in [2.45, 2.75) is 37.4 Å². The highest BCUT2D eigenvalue weighted by Gasteiger charge is 2.50. The molecular weight excluding hydrogens is 315 g/mol. The fourth-order valence-corrected chi connectivity index (χ4v) is 3.96. The Hall–Kier alpha value is -1.07. The van der Waals surface area contributed by atoms with E-state index >= 15 is 0 Å². The lowest BCUT2D eigenvalue weighted by Gasteiger charge is -2.33. The fourth-order valence-electron chi connectivity index (χ4n) is 2.51. The van der Waals surface area contributed by atoms with Gasteiger partial charge in [0.25, 0.3) is 0 Å². The molecule has 0 atom stereocenters. The van der Waals surface area contributed by atoms with Crippen LogP contribution in [0.25, 0.3) is 0 Å². The van der Waals surface area contributed by atoms with Crippen molar-refractivity contribution < 1.29 is 18.0 Å². The summed E-state index contributed by atoms with van der Waals surface area (Å²) < 4.78 is 39.7. The number of hydrogen-bond donors (Lipinski definition) is 0. The Morgan fingerprint density at radius 2 is 2.05 bits per heavy atom. The third-order valence-electron chi connectivity index (χ3n) is 3.45. The smallest absolute Gasteiger partial charge is 0.288 e. The first-order chi connectivity index (χ1) is 9.35. The van der Waals surface area contributed by atoms with Gasteiger partial charge in [-0.25, -0.2) is 0 Å². The second-order valence-electron chi connectivity index (χ2n) is 4.61. The maximum absolute atomic E-state index is 13.1. The summed E-state index contributed by atoms with van der Waals surface area (Å²) in [6, 6.07) is 2.01. The molecule has 0 aromatic carbocycles. The molecule has 110 valence electrons. The van der Waals surface area contributed by atoms with E-state index in [4.69, 9.17) is 11.8 Å². The van der Waals surface area contributed by atoms with E-state index in [-0.39, 0.29) is 10.9 Å². The molecule has 0 aromatic heterocycles. The first-order valence-corrected chi connectivity index (χ1v) is 7.21. The van der Waals surface area contributed by atoms with E-state index in [0.29, 0.717) is 36.5 Å². The molecule has 9 heteroatoms. The van der Waals surface area contributed by atoms with E-state index in [0.717, 1.165) is 16.7 Å². The summed E-state index contributed by atoms with van der Waals surface area (Å²) in [4.78, 5) is 12.2. The SMILES string of the molecule is N#CC1(N(C=O)C2=C(C(F)(F)F)N(Cl)CS2)CCCC1. The van der Waals surface area contributed by atoms with E-state index in [2.05, 4.69) is 0 Å². The molecule has 0 radical (unpaired) electrons. The summed E-state index contributed by atoms with van der Waals surface area (Å²) in [5.41, 5.74) is -2.26. The molecule has 1 fully saturated rings. The van der Waals surface area contributed by atoms with Gasteiger partial charge in [-0.05, 0) is 25.7 Å². The summed E-state index contributed by atoms with van der Waals surface area (Å²) in [6.45, 7) is 0. The van der Waals surface area contributed by atoms with Crippen molar-refractivity contribution >= 4 is 29.9 Å². The minimum atomic E-state index is -4.67. The molecule has 0 aromatic rings. The van der Waals surface area contributed by atoms with E-state index in [9.17, 15) is 23.2 Å². The third-order valence-corrected chi connectivity index (χ3v) is 4.93. The van der Waals surface area contributed by atoms with Crippen LogP contribution >= 0.6 is 23.5 Å². The number of rotatable bonds is 3. The molecule has 1 heterocycles. The van der Waals surface area contributed by atoms with E-state index in [1.165, 1.54) is 0 Å². The van der Waals surface area contributed by atoms with Gasteiger partial charge in [0.1, 0.15) is 10.6 Å². The zero-order valence-corrected chi connectivity index (χ0v) is 11.9. The maximum Gasteiger partial charge on any atom is 0.434 e. The molecule has 1 saturated carbocycles. The zero-order chi connectivity index (χ0) is 15.0. The van der Waals surface area contributed by atoms with Crippen molar-refractivity contribution in [3.8, 4) is 6.07 Å². The van der Waals surface area contributed by atoms with Crippen LogP contribution in [0.3, 0.4) is 0 Å². The minimum Gasteiger partial charge on any atom is -0.288 e. The van der Waals surface area contributed by atoms with Crippen LogP contribution in [-0.4, -0.2) is 33.3 Å². The van der Waals surface area contributed by atoms with Crippen LogP contribution in [-0.2, 0) is 4.79 Å². The molecule has 4 nitrogen and oxygen atoms in total. The van der Waals surface area contributed by atoms with Crippen LogP contribution in [0.5, 0.6) is 0 Å². The average molecular weight is 326 g/mol. The molecule has 2 aliphatic rings. The summed E-state index contributed by atoms with van der Waals surface area (Å²) in [5, 5.41) is 9.04. The predicted octanol–water partition coefficient (Wildman–Crippen LogP) is 3.17. The highest BCUT2D eigenvalue weighted by molar-refractivity contribution is 8.03. The van der Waals surface area contributed by atoms with Crippen LogP contribution < -0.4 is 0 Å². The molecule has 0 spiro atoms. The fraction of sp³-hybridized carbons (Fsp3) is 0.636. The molecule has 0 unspecified atom stereocenters. The number of nitrogens with zero attached hydrogens (tertiary/aromatic N) is 3. The number of thioether (sulfide) groups is 1. The second-order valence-corrected chi connectivity index (χ2v) is 5.95. The quantitative estimate of drug-likeness (QED) is 0.590. The summed E-state index contributed by atoms with van der Waals surface area (Å²) in [7, 11) is 0. The van der Waals surface area contributed by atoms with E-state index in [1.54, 1.807) is 0 Å². The number of carbonyl (C=O) groups is 1. The number of nitriles is 1. The van der Waals surface area contributed by atoms with Gasteiger partial charge in [0.2, 0.25) is 6.41 Å². The molecule has 0 bridgehead atoms. The molecular formula is C11H11ClF3N3OS. The van der Waals surface area contributed by atoms with Gasteiger partial charge >= 0.3 is 6.18 Å². The lowest BCUT2D eigenvalue weighted by atomic mass is 9.98. The van der Waals surface area contributed by atoms with Crippen molar-refractivity contribution in [1.29, 1.82) is 5.26 Å². The van der Waals surface area contributed by atoms with Crippen molar-refractivity contribution in [3.05, 3.63) is 10.7 Å². The standard InChI is InChI=1S/C11H11ClF3N3OS/c12-18-7-20-9(8(18)11(13,14)15)17(6-19)10(5-16)3-1-2-4-10/h6H,1-4,7H2. The summed E-state index contributed by atoms with van der Waals surface area (Å²) >= 11 is 6.38. The molecule has 1 amide bonds. The van der Waals surface area contributed by atoms with Crippen LogP contribution in [0, 0.1) is 11.3 Å². The Balaban J connectivity index is 2.48. The Morgan fingerprint density at radius 3 is 2.50 bits per heavy atom. The highest BCUT2D eigenvalue weighted by Crippen LogP contribution is 2.47. The van der Waals surface area contributed by atoms with Crippen molar-refractivity contribution in [2.75, 3.05) is 5.88 Å². The Bertz CT molecular complexity index is 482. The summed E-state index contributed by atoms with van der Waals surface area (Å²) in [5.74, 6) is -0.114. The van der Waals surface area contributed by atoms with Crippen LogP contribution in [0.4, 0.5) is 13.2 Å².